The summed E-state index contributed by atoms with van der Waals surface area (Å²) in [5.74, 6) is 0.575. The zero-order valence-electron chi connectivity index (χ0n) is 12.1. The number of aryl methyl sites for hydroxylation is 1. The maximum atomic E-state index is 10.7. The molecular weight excluding hydrogens is 276 g/mol. The number of aliphatic hydroxyl groups excluding tert-OH is 1. The molecule has 0 aliphatic carbocycles. The van der Waals surface area contributed by atoms with E-state index in [1.807, 2.05) is 32.9 Å². The SMILES string of the molecule is COc1cnn(C(C)C)c1C(O)c1cc(Cl)ccc1C. The fraction of sp³-hybridized carbons (Fsp3) is 0.400. The Morgan fingerprint density at radius 2 is 2.05 bits per heavy atom. The Morgan fingerprint density at radius 1 is 1.35 bits per heavy atom. The van der Waals surface area contributed by atoms with Crippen LogP contribution in [0.3, 0.4) is 0 Å². The maximum absolute atomic E-state index is 10.7. The van der Waals surface area contributed by atoms with Crippen molar-refractivity contribution in [1.82, 2.24) is 9.78 Å². The quantitative estimate of drug-likeness (QED) is 0.938. The highest BCUT2D eigenvalue weighted by Gasteiger charge is 2.24. The highest BCUT2D eigenvalue weighted by molar-refractivity contribution is 6.30. The second-order valence-corrected chi connectivity index (χ2v) is 5.48. The molecule has 0 aliphatic rings. The number of hydrogen-bond acceptors (Lipinski definition) is 3. The van der Waals surface area contributed by atoms with Crippen molar-refractivity contribution in [2.24, 2.45) is 0 Å². The molecule has 1 aromatic carbocycles. The number of halogens is 1. The van der Waals surface area contributed by atoms with Gasteiger partial charge in [0.25, 0.3) is 0 Å². The van der Waals surface area contributed by atoms with Crippen LogP contribution in [-0.2, 0) is 0 Å². The van der Waals surface area contributed by atoms with Crippen LogP contribution in [0.5, 0.6) is 5.75 Å². The van der Waals surface area contributed by atoms with E-state index >= 15 is 0 Å². The lowest BCUT2D eigenvalue weighted by Crippen LogP contribution is -2.13. The van der Waals surface area contributed by atoms with Gasteiger partial charge >= 0.3 is 0 Å². The van der Waals surface area contributed by atoms with Crippen LogP contribution >= 0.6 is 11.6 Å². The number of aromatic nitrogens is 2. The molecule has 0 spiro atoms. The number of aliphatic hydroxyl groups is 1. The number of methoxy groups -OCH3 is 1. The smallest absolute Gasteiger partial charge is 0.163 e. The van der Waals surface area contributed by atoms with Gasteiger partial charge in [-0.3, -0.25) is 4.68 Å². The van der Waals surface area contributed by atoms with Gasteiger partial charge in [-0.2, -0.15) is 5.10 Å². The lowest BCUT2D eigenvalue weighted by Gasteiger charge is -2.19. The van der Waals surface area contributed by atoms with Gasteiger partial charge in [0.05, 0.1) is 13.3 Å². The summed E-state index contributed by atoms with van der Waals surface area (Å²) < 4.78 is 7.08. The molecule has 0 bridgehead atoms. The topological polar surface area (TPSA) is 47.3 Å². The van der Waals surface area contributed by atoms with Crippen molar-refractivity contribution in [1.29, 1.82) is 0 Å². The average molecular weight is 295 g/mol. The molecular formula is C15H19ClN2O2. The summed E-state index contributed by atoms with van der Waals surface area (Å²) in [4.78, 5) is 0. The van der Waals surface area contributed by atoms with Crippen molar-refractivity contribution < 1.29 is 9.84 Å². The molecule has 1 unspecified atom stereocenters. The summed E-state index contributed by atoms with van der Waals surface area (Å²) in [6.45, 7) is 5.96. The summed E-state index contributed by atoms with van der Waals surface area (Å²) in [6.07, 6.45) is 0.798. The van der Waals surface area contributed by atoms with Gasteiger partial charge in [-0.15, -0.1) is 0 Å². The van der Waals surface area contributed by atoms with Crippen LogP contribution in [0.25, 0.3) is 0 Å². The largest absolute Gasteiger partial charge is 0.493 e. The van der Waals surface area contributed by atoms with Gasteiger partial charge in [0, 0.05) is 11.1 Å². The Hall–Kier alpha value is -1.52. The first-order chi connectivity index (χ1) is 9.45. The molecule has 0 fully saturated rings. The van der Waals surface area contributed by atoms with Gasteiger partial charge in [-0.25, -0.2) is 0 Å². The molecule has 0 aliphatic heterocycles. The van der Waals surface area contributed by atoms with Crippen LogP contribution in [0.4, 0.5) is 0 Å². The molecule has 1 N–H and O–H groups in total. The van der Waals surface area contributed by atoms with Gasteiger partial charge < -0.3 is 9.84 Å². The van der Waals surface area contributed by atoms with Crippen LogP contribution in [0.1, 0.15) is 42.8 Å². The molecule has 0 saturated carbocycles. The van der Waals surface area contributed by atoms with Crippen molar-refractivity contribution in [3.05, 3.63) is 46.2 Å². The van der Waals surface area contributed by atoms with E-state index in [2.05, 4.69) is 5.10 Å². The average Bonchev–Trinajstić information content (AvgIpc) is 2.84. The Labute approximate surface area is 123 Å². The second kappa shape index (κ2) is 5.85. The Balaban J connectivity index is 2.55. The zero-order valence-corrected chi connectivity index (χ0v) is 12.8. The predicted molar refractivity (Wildman–Crippen MR) is 79.4 cm³/mol. The molecule has 0 radical (unpaired) electrons. The van der Waals surface area contributed by atoms with Crippen molar-refractivity contribution >= 4 is 11.6 Å². The van der Waals surface area contributed by atoms with Crippen LogP contribution in [-0.4, -0.2) is 22.0 Å². The standard InChI is InChI=1S/C15H19ClN2O2/c1-9(2)18-14(13(20-4)8-17-18)15(19)12-7-11(16)6-5-10(12)3/h5-9,15,19H,1-4H3. The van der Waals surface area contributed by atoms with Gasteiger partial charge in [-0.05, 0) is 44.0 Å². The Bertz CT molecular complexity index is 608. The van der Waals surface area contributed by atoms with Crippen LogP contribution in [0.2, 0.25) is 5.02 Å². The van der Waals surface area contributed by atoms with E-state index in [1.54, 1.807) is 24.1 Å². The molecule has 1 atom stereocenters. The van der Waals surface area contributed by atoms with E-state index in [0.29, 0.717) is 16.5 Å². The molecule has 2 aromatic rings. The molecule has 2 rings (SSSR count). The first-order valence-corrected chi connectivity index (χ1v) is 6.89. The molecule has 0 saturated heterocycles. The van der Waals surface area contributed by atoms with Gasteiger partial charge in [0.1, 0.15) is 11.8 Å². The second-order valence-electron chi connectivity index (χ2n) is 5.04. The number of nitrogens with zero attached hydrogens (tertiary/aromatic N) is 2. The van der Waals surface area contributed by atoms with E-state index in [9.17, 15) is 5.11 Å². The minimum absolute atomic E-state index is 0.128. The summed E-state index contributed by atoms with van der Waals surface area (Å²) >= 11 is 6.03. The van der Waals surface area contributed by atoms with Gasteiger partial charge in [0.2, 0.25) is 0 Å². The Morgan fingerprint density at radius 3 is 2.65 bits per heavy atom. The Kier molecular flexibility index (Phi) is 4.35. The number of benzene rings is 1. The third-order valence-electron chi connectivity index (χ3n) is 3.30. The molecule has 1 aromatic heterocycles. The van der Waals surface area contributed by atoms with E-state index in [-0.39, 0.29) is 6.04 Å². The lowest BCUT2D eigenvalue weighted by atomic mass is 10.0. The lowest BCUT2D eigenvalue weighted by molar-refractivity contribution is 0.199. The minimum Gasteiger partial charge on any atom is -0.493 e. The summed E-state index contributed by atoms with van der Waals surface area (Å²) in [6, 6.07) is 5.61. The fourth-order valence-electron chi connectivity index (χ4n) is 2.24. The number of rotatable bonds is 4. The van der Waals surface area contributed by atoms with E-state index in [1.165, 1.54) is 0 Å². The summed E-state index contributed by atoms with van der Waals surface area (Å²) in [5.41, 5.74) is 2.38. The van der Waals surface area contributed by atoms with E-state index in [4.69, 9.17) is 16.3 Å². The fourth-order valence-corrected chi connectivity index (χ4v) is 2.42. The van der Waals surface area contributed by atoms with Crippen molar-refractivity contribution in [2.45, 2.75) is 32.9 Å². The van der Waals surface area contributed by atoms with Crippen LogP contribution in [0, 0.1) is 6.92 Å². The summed E-state index contributed by atoms with van der Waals surface area (Å²) in [5, 5.41) is 15.6. The van der Waals surface area contributed by atoms with Gasteiger partial charge in [-0.1, -0.05) is 17.7 Å². The predicted octanol–water partition coefficient (Wildman–Crippen LogP) is 3.52. The number of ether oxygens (including phenoxy) is 1. The molecule has 5 heteroatoms. The molecule has 108 valence electrons. The third-order valence-corrected chi connectivity index (χ3v) is 3.54. The van der Waals surface area contributed by atoms with Crippen molar-refractivity contribution in [2.75, 3.05) is 7.11 Å². The van der Waals surface area contributed by atoms with Crippen LogP contribution < -0.4 is 4.74 Å². The summed E-state index contributed by atoms with van der Waals surface area (Å²) in [7, 11) is 1.57. The first kappa shape index (κ1) is 14.9. The normalized spacial score (nSPS) is 12.8. The highest BCUT2D eigenvalue weighted by atomic mass is 35.5. The van der Waals surface area contributed by atoms with E-state index in [0.717, 1.165) is 11.1 Å². The molecule has 1 heterocycles. The third kappa shape index (κ3) is 2.67. The minimum atomic E-state index is -0.825. The first-order valence-electron chi connectivity index (χ1n) is 6.51. The van der Waals surface area contributed by atoms with Crippen molar-refractivity contribution in [3.63, 3.8) is 0 Å². The van der Waals surface area contributed by atoms with Gasteiger partial charge in [0.15, 0.2) is 5.75 Å². The van der Waals surface area contributed by atoms with E-state index < -0.39 is 6.10 Å². The maximum Gasteiger partial charge on any atom is 0.163 e. The molecule has 0 amide bonds. The molecule has 20 heavy (non-hydrogen) atoms. The zero-order chi connectivity index (χ0) is 14.9. The highest BCUT2D eigenvalue weighted by Crippen LogP contribution is 2.34. The van der Waals surface area contributed by atoms with Crippen molar-refractivity contribution in [3.8, 4) is 5.75 Å². The van der Waals surface area contributed by atoms with Crippen LogP contribution in [0.15, 0.2) is 24.4 Å². The monoisotopic (exact) mass is 294 g/mol. The number of hydrogen-bond donors (Lipinski definition) is 1. The molecule has 4 nitrogen and oxygen atoms in total.